The highest BCUT2D eigenvalue weighted by molar-refractivity contribution is 5.85. The van der Waals surface area contributed by atoms with Crippen molar-refractivity contribution in [3.05, 3.63) is 54.1 Å². The Hall–Kier alpha value is -2.41. The maximum atomic E-state index is 5.64. The standard InChI is InChI=1S/C19H20N4O2.ClH/c20-13-14-5-7-15(8-6-14)18-21-19(25-22-18)16-3-1-2-4-17(16)23-9-11-24-12-10-23;/h1-8H,9-13,20H2;1H. The molecule has 2 aromatic carbocycles. The van der Waals surface area contributed by atoms with Gasteiger partial charge in [0.25, 0.3) is 5.89 Å². The first-order chi connectivity index (χ1) is 12.3. The van der Waals surface area contributed by atoms with Gasteiger partial charge < -0.3 is 19.9 Å². The molecule has 26 heavy (non-hydrogen) atoms. The van der Waals surface area contributed by atoms with Crippen molar-refractivity contribution in [3.63, 3.8) is 0 Å². The van der Waals surface area contributed by atoms with Crippen molar-refractivity contribution in [2.45, 2.75) is 6.54 Å². The van der Waals surface area contributed by atoms with Gasteiger partial charge in [-0.25, -0.2) is 0 Å². The fourth-order valence-electron chi connectivity index (χ4n) is 2.97. The minimum Gasteiger partial charge on any atom is -0.378 e. The molecule has 1 aromatic heterocycles. The van der Waals surface area contributed by atoms with Crippen molar-refractivity contribution in [3.8, 4) is 22.8 Å². The molecule has 0 aliphatic carbocycles. The lowest BCUT2D eigenvalue weighted by Crippen LogP contribution is -2.36. The summed E-state index contributed by atoms with van der Waals surface area (Å²) in [7, 11) is 0. The van der Waals surface area contributed by atoms with Crippen LogP contribution >= 0.6 is 12.4 Å². The lowest BCUT2D eigenvalue weighted by Gasteiger charge is -2.29. The maximum Gasteiger partial charge on any atom is 0.260 e. The van der Waals surface area contributed by atoms with Crippen LogP contribution in [-0.4, -0.2) is 36.4 Å². The fourth-order valence-corrected chi connectivity index (χ4v) is 2.97. The normalized spacial score (nSPS) is 14.1. The predicted octanol–water partition coefficient (Wildman–Crippen LogP) is 3.12. The molecule has 1 aliphatic heterocycles. The highest BCUT2D eigenvalue weighted by Gasteiger charge is 2.19. The van der Waals surface area contributed by atoms with Gasteiger partial charge in [0.1, 0.15) is 0 Å². The van der Waals surface area contributed by atoms with Gasteiger partial charge in [0.05, 0.1) is 18.8 Å². The quantitative estimate of drug-likeness (QED) is 0.758. The number of morpholine rings is 1. The number of aromatic nitrogens is 2. The van der Waals surface area contributed by atoms with E-state index in [0.717, 1.165) is 48.7 Å². The van der Waals surface area contributed by atoms with Gasteiger partial charge in [-0.05, 0) is 17.7 Å². The van der Waals surface area contributed by atoms with E-state index in [-0.39, 0.29) is 12.4 Å². The zero-order valence-corrected chi connectivity index (χ0v) is 15.1. The predicted molar refractivity (Wildman–Crippen MR) is 103 cm³/mol. The van der Waals surface area contributed by atoms with Crippen LogP contribution in [0.25, 0.3) is 22.8 Å². The number of hydrogen-bond acceptors (Lipinski definition) is 6. The van der Waals surface area contributed by atoms with Crippen molar-refractivity contribution in [2.75, 3.05) is 31.2 Å². The van der Waals surface area contributed by atoms with Gasteiger partial charge in [0.15, 0.2) is 0 Å². The van der Waals surface area contributed by atoms with Crippen LogP contribution in [0.5, 0.6) is 0 Å². The summed E-state index contributed by atoms with van der Waals surface area (Å²) in [5.74, 6) is 1.11. The van der Waals surface area contributed by atoms with Crippen LogP contribution in [0.4, 0.5) is 5.69 Å². The second kappa shape index (κ2) is 8.31. The number of rotatable bonds is 4. The van der Waals surface area contributed by atoms with Gasteiger partial charge in [-0.15, -0.1) is 12.4 Å². The SMILES string of the molecule is Cl.NCc1ccc(-c2noc(-c3ccccc3N3CCOCC3)n2)cc1. The van der Waals surface area contributed by atoms with E-state index in [1.165, 1.54) is 0 Å². The molecular weight excluding hydrogens is 352 g/mol. The summed E-state index contributed by atoms with van der Waals surface area (Å²) >= 11 is 0. The Labute approximate surface area is 158 Å². The zero-order chi connectivity index (χ0) is 17.1. The number of nitrogens with two attached hydrogens (primary N) is 1. The van der Waals surface area contributed by atoms with Crippen molar-refractivity contribution in [1.29, 1.82) is 0 Å². The Morgan fingerprint density at radius 2 is 1.73 bits per heavy atom. The first kappa shape index (κ1) is 18.4. The van der Waals surface area contributed by atoms with E-state index in [9.17, 15) is 0 Å². The van der Waals surface area contributed by atoms with E-state index in [1.54, 1.807) is 0 Å². The molecule has 0 saturated carbocycles. The molecule has 0 bridgehead atoms. The van der Waals surface area contributed by atoms with Crippen LogP contribution in [0.15, 0.2) is 53.1 Å². The molecule has 0 spiro atoms. The summed E-state index contributed by atoms with van der Waals surface area (Å²) in [5, 5.41) is 4.14. The number of ether oxygens (including phenoxy) is 1. The van der Waals surface area contributed by atoms with Gasteiger partial charge in [0.2, 0.25) is 5.82 Å². The summed E-state index contributed by atoms with van der Waals surface area (Å²) in [6, 6.07) is 16.0. The van der Waals surface area contributed by atoms with Crippen LogP contribution in [0.3, 0.4) is 0 Å². The Balaban J connectivity index is 0.00000196. The molecule has 3 aromatic rings. The molecule has 6 nitrogen and oxygen atoms in total. The average molecular weight is 373 g/mol. The van der Waals surface area contributed by atoms with E-state index >= 15 is 0 Å². The zero-order valence-electron chi connectivity index (χ0n) is 14.3. The van der Waals surface area contributed by atoms with Gasteiger partial charge in [-0.3, -0.25) is 0 Å². The summed E-state index contributed by atoms with van der Waals surface area (Å²) < 4.78 is 11.0. The summed E-state index contributed by atoms with van der Waals surface area (Å²) in [6.45, 7) is 3.70. The molecule has 1 saturated heterocycles. The first-order valence-electron chi connectivity index (χ1n) is 8.40. The third-order valence-corrected chi connectivity index (χ3v) is 4.36. The van der Waals surface area contributed by atoms with Crippen molar-refractivity contribution < 1.29 is 9.26 Å². The van der Waals surface area contributed by atoms with Crippen LogP contribution in [0, 0.1) is 0 Å². The minimum atomic E-state index is 0. The van der Waals surface area contributed by atoms with E-state index < -0.39 is 0 Å². The number of nitrogens with zero attached hydrogens (tertiary/aromatic N) is 3. The smallest absolute Gasteiger partial charge is 0.260 e. The molecule has 4 rings (SSSR count). The van der Waals surface area contributed by atoms with Gasteiger partial charge in [-0.2, -0.15) is 4.98 Å². The Morgan fingerprint density at radius 1 is 1.00 bits per heavy atom. The number of halogens is 1. The summed E-state index contributed by atoms with van der Waals surface area (Å²) in [4.78, 5) is 6.89. The second-order valence-electron chi connectivity index (χ2n) is 5.94. The second-order valence-corrected chi connectivity index (χ2v) is 5.94. The van der Waals surface area contributed by atoms with Gasteiger partial charge >= 0.3 is 0 Å². The summed E-state index contributed by atoms with van der Waals surface area (Å²) in [5.41, 5.74) is 9.67. The molecule has 1 aliphatic rings. The highest BCUT2D eigenvalue weighted by Crippen LogP contribution is 2.31. The Kier molecular flexibility index (Phi) is 5.88. The van der Waals surface area contributed by atoms with Crippen molar-refractivity contribution >= 4 is 18.1 Å². The monoisotopic (exact) mass is 372 g/mol. The molecule has 7 heteroatoms. The minimum absolute atomic E-state index is 0. The van der Waals surface area contributed by atoms with Crippen LogP contribution in [0.2, 0.25) is 0 Å². The van der Waals surface area contributed by atoms with E-state index in [2.05, 4.69) is 21.1 Å². The van der Waals surface area contributed by atoms with Crippen LogP contribution < -0.4 is 10.6 Å². The maximum absolute atomic E-state index is 5.64. The highest BCUT2D eigenvalue weighted by atomic mass is 35.5. The number of anilines is 1. The van der Waals surface area contributed by atoms with Crippen LogP contribution in [-0.2, 0) is 11.3 Å². The molecule has 0 unspecified atom stereocenters. The Morgan fingerprint density at radius 3 is 2.46 bits per heavy atom. The topological polar surface area (TPSA) is 77.4 Å². The van der Waals surface area contributed by atoms with Crippen molar-refractivity contribution in [1.82, 2.24) is 10.1 Å². The van der Waals surface area contributed by atoms with E-state index in [4.69, 9.17) is 15.0 Å². The molecule has 0 atom stereocenters. The van der Waals surface area contributed by atoms with E-state index in [1.807, 2.05) is 42.5 Å². The fraction of sp³-hybridized carbons (Fsp3) is 0.263. The molecule has 2 N–H and O–H groups in total. The van der Waals surface area contributed by atoms with Gasteiger partial charge in [-0.1, -0.05) is 41.6 Å². The Bertz CT molecular complexity index is 845. The number of hydrogen-bond donors (Lipinski definition) is 1. The van der Waals surface area contributed by atoms with E-state index in [0.29, 0.717) is 18.3 Å². The third kappa shape index (κ3) is 3.72. The molecule has 2 heterocycles. The van der Waals surface area contributed by atoms with Gasteiger partial charge in [0, 0.05) is 30.9 Å². The average Bonchev–Trinajstić information content (AvgIpc) is 3.19. The van der Waals surface area contributed by atoms with Crippen molar-refractivity contribution in [2.24, 2.45) is 5.73 Å². The molecule has 0 radical (unpaired) electrons. The molecular formula is C19H21ClN4O2. The lowest BCUT2D eigenvalue weighted by atomic mass is 10.1. The van der Waals surface area contributed by atoms with Crippen LogP contribution in [0.1, 0.15) is 5.56 Å². The molecule has 1 fully saturated rings. The molecule has 136 valence electrons. The summed E-state index contributed by atoms with van der Waals surface area (Å²) in [6.07, 6.45) is 0. The molecule has 0 amide bonds. The lowest BCUT2D eigenvalue weighted by molar-refractivity contribution is 0.122. The number of benzene rings is 2. The third-order valence-electron chi connectivity index (χ3n) is 4.36. The first-order valence-corrected chi connectivity index (χ1v) is 8.40. The number of para-hydroxylation sites is 1. The largest absolute Gasteiger partial charge is 0.378 e.